The van der Waals surface area contributed by atoms with Crippen LogP contribution < -0.4 is 0 Å². The highest BCUT2D eigenvalue weighted by molar-refractivity contribution is 4.52. The van der Waals surface area contributed by atoms with Crippen LogP contribution in [0, 0.1) is 0 Å². The van der Waals surface area contributed by atoms with E-state index >= 15 is 0 Å². The maximum atomic E-state index is 10.4. The molecule has 0 aliphatic heterocycles. The molecular weight excluding hydrogens is 324 g/mol. The van der Waals surface area contributed by atoms with Crippen LogP contribution in [0.15, 0.2) is 25.3 Å². The van der Waals surface area contributed by atoms with Gasteiger partial charge in [-0.15, -0.1) is 0 Å². The summed E-state index contributed by atoms with van der Waals surface area (Å²) in [6.07, 6.45) is -12.3. The summed E-state index contributed by atoms with van der Waals surface area (Å²) in [7, 11) is 0. The molecule has 20 heavy (non-hydrogen) atoms. The molecule has 0 bridgehead atoms. The Balaban J connectivity index is -0.0000000871. The Morgan fingerprint density at radius 1 is 0.650 bits per heavy atom. The zero-order valence-corrected chi connectivity index (χ0v) is 9.21. The van der Waals surface area contributed by atoms with Crippen molar-refractivity contribution in [2.75, 3.05) is 6.67 Å². The predicted molar refractivity (Wildman–Crippen MR) is 46.8 cm³/mol. The summed E-state index contributed by atoms with van der Waals surface area (Å²) in [5.74, 6) is 0. The maximum absolute atomic E-state index is 10.4. The zero-order valence-electron chi connectivity index (χ0n) is 9.21. The molecule has 0 saturated carbocycles. The largest absolute Gasteiger partial charge is 0.416 e. The third kappa shape index (κ3) is 69.7. The number of hydrogen-bond donors (Lipinski definition) is 0. The van der Waals surface area contributed by atoms with Gasteiger partial charge in [-0.25, -0.2) is 39.5 Å². The summed E-state index contributed by atoms with van der Waals surface area (Å²) >= 11 is 0. The first kappa shape index (κ1) is 27.1. The fraction of sp³-hybridized carbons (Fsp3) is 0.500. The van der Waals surface area contributed by atoms with Gasteiger partial charge in [-0.1, -0.05) is 0 Å². The third-order valence-corrected chi connectivity index (χ3v) is 0.437. The molecule has 0 nitrogen and oxygen atoms in total. The van der Waals surface area contributed by atoms with Crippen LogP contribution in [-0.2, 0) is 0 Å². The van der Waals surface area contributed by atoms with Crippen LogP contribution in [0.3, 0.4) is 0 Å². The van der Waals surface area contributed by atoms with Crippen LogP contribution in [-0.4, -0.2) is 25.7 Å². The molecule has 0 aliphatic carbocycles. The van der Waals surface area contributed by atoms with Crippen molar-refractivity contribution in [3.8, 4) is 0 Å². The summed E-state index contributed by atoms with van der Waals surface area (Å²) in [6, 6.07) is 0. The van der Waals surface area contributed by atoms with Crippen molar-refractivity contribution in [3.63, 3.8) is 0 Å². The molecule has 0 amide bonds. The van der Waals surface area contributed by atoms with Gasteiger partial charge in [-0.05, 0) is 0 Å². The minimum atomic E-state index is -4.62. The molecule has 0 radical (unpaired) electrons. The second-order valence-corrected chi connectivity index (χ2v) is 1.92. The molecule has 0 spiro atoms. The monoisotopic (exact) mass is 332 g/mol. The highest BCUT2D eigenvalue weighted by Gasteiger charge is 2.26. The molecule has 0 aliphatic rings. The van der Waals surface area contributed by atoms with E-state index < -0.39 is 25.7 Å². The fourth-order valence-corrected chi connectivity index (χ4v) is 0. The average Bonchev–Trinajstić information content (AvgIpc) is 2.39. The predicted octanol–water partition coefficient (Wildman–Crippen LogP) is 5.83. The Hall–Kier alpha value is -1.36. The molecule has 0 unspecified atom stereocenters. The van der Waals surface area contributed by atoms with Crippen LogP contribution in [0.1, 0.15) is 0 Å². The van der Waals surface area contributed by atoms with Gasteiger partial charge in [0.25, 0.3) is 12.9 Å². The topological polar surface area (TPSA) is 0 Å². The highest BCUT2D eigenvalue weighted by Crippen LogP contribution is 2.13. The van der Waals surface area contributed by atoms with Crippen LogP contribution >= 0.6 is 0 Å². The molecule has 0 heterocycles. The fourth-order valence-electron chi connectivity index (χ4n) is 0. The number of hydrogen-bond acceptors (Lipinski definition) is 0. The van der Waals surface area contributed by atoms with Gasteiger partial charge < -0.3 is 0 Å². The molecule has 0 saturated heterocycles. The third-order valence-electron chi connectivity index (χ3n) is 0.437. The van der Waals surface area contributed by atoms with Crippen molar-refractivity contribution < 1.29 is 52.7 Å². The van der Waals surface area contributed by atoms with Crippen LogP contribution in [0.25, 0.3) is 0 Å². The molecule has 0 fully saturated rings. The van der Waals surface area contributed by atoms with E-state index in [4.69, 9.17) is 0 Å². The first-order valence-corrected chi connectivity index (χ1v) is 3.93. The standard InChI is InChI=1S/2C2H2F4.2C2H2F2/c3-1-2(4,5)6;3-1(4)2(5)6;2*3-1-2-4/h1H2;1-2H;2*1-2H. The maximum Gasteiger partial charge on any atom is 0.416 e. The number of halogens is 12. The van der Waals surface area contributed by atoms with Crippen molar-refractivity contribution in [2.24, 2.45) is 0 Å². The molecule has 0 aromatic carbocycles. The Kier molecular flexibility index (Phi) is 27.0. The van der Waals surface area contributed by atoms with E-state index in [1.807, 2.05) is 0 Å². The van der Waals surface area contributed by atoms with Gasteiger partial charge in [0, 0.05) is 0 Å². The lowest BCUT2D eigenvalue weighted by Gasteiger charge is -1.93. The highest BCUT2D eigenvalue weighted by atomic mass is 19.4. The molecule has 0 N–H and O–H groups in total. The smallest absolute Gasteiger partial charge is 0.241 e. The summed E-state index contributed by atoms with van der Waals surface area (Å²) in [5.41, 5.74) is 0. The molecule has 124 valence electrons. The lowest BCUT2D eigenvalue weighted by molar-refractivity contribution is -0.142. The van der Waals surface area contributed by atoms with Crippen LogP contribution in [0.5, 0.6) is 0 Å². The van der Waals surface area contributed by atoms with Crippen molar-refractivity contribution in [3.05, 3.63) is 25.3 Å². The van der Waals surface area contributed by atoms with Gasteiger partial charge in [0.15, 0.2) is 6.67 Å². The molecule has 12 heteroatoms. The molecule has 0 aromatic rings. The van der Waals surface area contributed by atoms with Crippen LogP contribution in [0.4, 0.5) is 52.7 Å². The average molecular weight is 332 g/mol. The number of rotatable bonds is 1. The van der Waals surface area contributed by atoms with Gasteiger partial charge in [0.1, 0.15) is 25.3 Å². The Morgan fingerprint density at radius 2 is 0.800 bits per heavy atom. The normalized spacial score (nSPS) is 10.7. The van der Waals surface area contributed by atoms with E-state index in [1.165, 1.54) is 0 Å². The van der Waals surface area contributed by atoms with Gasteiger partial charge in [0.05, 0.1) is 0 Å². The van der Waals surface area contributed by atoms with Crippen molar-refractivity contribution in [1.29, 1.82) is 0 Å². The molecule has 0 atom stereocenters. The Bertz CT molecular complexity index is 182. The van der Waals surface area contributed by atoms with E-state index in [2.05, 4.69) is 0 Å². The summed E-state index contributed by atoms with van der Waals surface area (Å²) in [5, 5.41) is 0. The zero-order chi connectivity index (χ0) is 17.2. The Morgan fingerprint density at radius 3 is 0.800 bits per heavy atom. The number of alkyl halides is 8. The lowest BCUT2D eigenvalue weighted by Crippen LogP contribution is -2.08. The van der Waals surface area contributed by atoms with E-state index in [-0.39, 0.29) is 25.3 Å². The SMILES string of the molecule is FC(F)C(F)F.FC=CF.FC=CF.FCC(F)(F)F. The van der Waals surface area contributed by atoms with E-state index in [0.29, 0.717) is 0 Å². The second-order valence-electron chi connectivity index (χ2n) is 1.92. The first-order valence-electron chi connectivity index (χ1n) is 3.93. The molecule has 0 rings (SSSR count). The minimum absolute atomic E-state index is 0.167. The minimum Gasteiger partial charge on any atom is -0.241 e. The summed E-state index contributed by atoms with van der Waals surface area (Å²) < 4.78 is 124. The summed E-state index contributed by atoms with van der Waals surface area (Å²) in [4.78, 5) is 0. The van der Waals surface area contributed by atoms with E-state index in [9.17, 15) is 52.7 Å². The van der Waals surface area contributed by atoms with E-state index in [0.717, 1.165) is 0 Å². The van der Waals surface area contributed by atoms with E-state index in [1.54, 1.807) is 0 Å². The van der Waals surface area contributed by atoms with Crippen molar-refractivity contribution >= 4 is 0 Å². The second kappa shape index (κ2) is 20.0. The van der Waals surface area contributed by atoms with Gasteiger partial charge in [-0.3, -0.25) is 0 Å². The first-order chi connectivity index (χ1) is 9.03. The Labute approximate surface area is 105 Å². The summed E-state index contributed by atoms with van der Waals surface area (Å²) in [6.45, 7) is -2.23. The molecule has 0 aromatic heterocycles. The van der Waals surface area contributed by atoms with Gasteiger partial charge in [-0.2, -0.15) is 13.2 Å². The van der Waals surface area contributed by atoms with Gasteiger partial charge >= 0.3 is 6.18 Å². The quantitative estimate of drug-likeness (QED) is 0.530. The van der Waals surface area contributed by atoms with Gasteiger partial charge in [0.2, 0.25) is 0 Å². The lowest BCUT2D eigenvalue weighted by atomic mass is 10.8. The van der Waals surface area contributed by atoms with Crippen molar-refractivity contribution in [2.45, 2.75) is 19.0 Å². The molecular formula is C8H8F12. The van der Waals surface area contributed by atoms with Crippen molar-refractivity contribution in [1.82, 2.24) is 0 Å². The van der Waals surface area contributed by atoms with Crippen LogP contribution in [0.2, 0.25) is 0 Å².